The Morgan fingerprint density at radius 2 is 1.79 bits per heavy atom. The zero-order valence-corrected chi connectivity index (χ0v) is 12.5. The Morgan fingerprint density at radius 3 is 2.37 bits per heavy atom. The molecule has 0 fully saturated rings. The zero-order chi connectivity index (χ0) is 14.3. The molecule has 0 aliphatic heterocycles. The van der Waals surface area contributed by atoms with Crippen LogP contribution in [0.25, 0.3) is 0 Å². The summed E-state index contributed by atoms with van der Waals surface area (Å²) >= 11 is 0. The lowest BCUT2D eigenvalue weighted by Crippen LogP contribution is -2.15. The maximum absolute atomic E-state index is 5.50. The molecule has 0 unspecified atom stereocenters. The van der Waals surface area contributed by atoms with Crippen molar-refractivity contribution in [2.45, 2.75) is 52.9 Å². The molecule has 5 heteroatoms. The van der Waals surface area contributed by atoms with Crippen LogP contribution >= 0.6 is 0 Å². The Bertz CT molecular complexity index is 376. The van der Waals surface area contributed by atoms with Crippen molar-refractivity contribution in [2.24, 2.45) is 11.8 Å². The van der Waals surface area contributed by atoms with E-state index in [-0.39, 0.29) is 0 Å². The first-order chi connectivity index (χ1) is 9.06. The molecule has 0 aromatic carbocycles. The van der Waals surface area contributed by atoms with Gasteiger partial charge in [-0.05, 0) is 18.3 Å². The highest BCUT2D eigenvalue weighted by Crippen LogP contribution is 2.27. The summed E-state index contributed by atoms with van der Waals surface area (Å²) in [4.78, 5) is 8.48. The van der Waals surface area contributed by atoms with E-state index in [1.54, 1.807) is 0 Å². The Kier molecular flexibility index (Phi) is 6.56. The number of nitrogens with zero attached hydrogens (tertiary/aromatic N) is 2. The summed E-state index contributed by atoms with van der Waals surface area (Å²) in [6.07, 6.45) is 5.22. The molecule has 108 valence electrons. The Hall–Kier alpha value is -1.36. The van der Waals surface area contributed by atoms with Gasteiger partial charge in [0.05, 0.1) is 0 Å². The van der Waals surface area contributed by atoms with E-state index in [0.717, 1.165) is 30.3 Å². The maximum atomic E-state index is 5.50. The largest absolute Gasteiger partial charge is 0.370 e. The highest BCUT2D eigenvalue weighted by Gasteiger charge is 2.13. The highest BCUT2D eigenvalue weighted by atomic mass is 15.3. The third-order valence-corrected chi connectivity index (χ3v) is 3.10. The summed E-state index contributed by atoms with van der Waals surface area (Å²) < 4.78 is 0. The molecule has 0 bridgehead atoms. The van der Waals surface area contributed by atoms with Crippen LogP contribution in [0.2, 0.25) is 0 Å². The molecule has 0 spiro atoms. The molecule has 0 radical (unpaired) electrons. The molecule has 0 saturated heterocycles. The normalized spacial score (nSPS) is 11.1. The van der Waals surface area contributed by atoms with Crippen molar-refractivity contribution in [1.29, 1.82) is 0 Å². The van der Waals surface area contributed by atoms with Gasteiger partial charge in [0, 0.05) is 12.1 Å². The van der Waals surface area contributed by atoms with Gasteiger partial charge in [0.1, 0.15) is 18.0 Å². The van der Waals surface area contributed by atoms with Gasteiger partial charge in [0.2, 0.25) is 0 Å². The second kappa shape index (κ2) is 7.94. The van der Waals surface area contributed by atoms with Gasteiger partial charge in [0.15, 0.2) is 0 Å². The third-order valence-electron chi connectivity index (χ3n) is 3.10. The van der Waals surface area contributed by atoms with E-state index in [2.05, 4.69) is 48.4 Å². The molecule has 0 aliphatic rings. The van der Waals surface area contributed by atoms with Gasteiger partial charge in [-0.2, -0.15) is 0 Å². The lowest BCUT2D eigenvalue weighted by Gasteiger charge is -2.16. The van der Waals surface area contributed by atoms with Gasteiger partial charge in [0.25, 0.3) is 0 Å². The van der Waals surface area contributed by atoms with Gasteiger partial charge in [-0.25, -0.2) is 15.8 Å². The minimum Gasteiger partial charge on any atom is -0.370 e. The van der Waals surface area contributed by atoms with Crippen LogP contribution in [0.5, 0.6) is 0 Å². The minimum atomic E-state index is 0.324. The summed E-state index contributed by atoms with van der Waals surface area (Å²) in [7, 11) is 0. The Morgan fingerprint density at radius 1 is 1.11 bits per heavy atom. The SMILES string of the molecule is CC(C)CCCCNc1ncnc(NN)c1C(C)C. The van der Waals surface area contributed by atoms with Crippen LogP contribution in [-0.2, 0) is 0 Å². The summed E-state index contributed by atoms with van der Waals surface area (Å²) in [5.74, 6) is 8.19. The van der Waals surface area contributed by atoms with Gasteiger partial charge in [-0.1, -0.05) is 40.5 Å². The van der Waals surface area contributed by atoms with Crippen LogP contribution in [0.4, 0.5) is 11.6 Å². The first-order valence-electron chi connectivity index (χ1n) is 7.11. The fourth-order valence-corrected chi connectivity index (χ4v) is 2.08. The van der Waals surface area contributed by atoms with Crippen molar-refractivity contribution in [3.05, 3.63) is 11.9 Å². The lowest BCUT2D eigenvalue weighted by molar-refractivity contribution is 0.544. The van der Waals surface area contributed by atoms with Crippen molar-refractivity contribution in [1.82, 2.24) is 9.97 Å². The Balaban J connectivity index is 2.58. The number of anilines is 2. The minimum absolute atomic E-state index is 0.324. The number of hydrazine groups is 1. The van der Waals surface area contributed by atoms with Crippen molar-refractivity contribution in [3.8, 4) is 0 Å². The average molecular weight is 265 g/mol. The van der Waals surface area contributed by atoms with E-state index in [0.29, 0.717) is 11.7 Å². The molecule has 0 atom stereocenters. The monoisotopic (exact) mass is 265 g/mol. The number of hydrogen-bond donors (Lipinski definition) is 3. The molecule has 1 heterocycles. The summed E-state index contributed by atoms with van der Waals surface area (Å²) in [5, 5.41) is 3.40. The van der Waals surface area contributed by atoms with Crippen LogP contribution in [0.15, 0.2) is 6.33 Å². The van der Waals surface area contributed by atoms with E-state index in [9.17, 15) is 0 Å². The van der Waals surface area contributed by atoms with E-state index in [4.69, 9.17) is 5.84 Å². The molecule has 4 N–H and O–H groups in total. The van der Waals surface area contributed by atoms with E-state index in [1.165, 1.54) is 19.2 Å². The third kappa shape index (κ3) is 5.03. The molecular weight excluding hydrogens is 238 g/mol. The average Bonchev–Trinajstić information content (AvgIpc) is 2.37. The van der Waals surface area contributed by atoms with E-state index in [1.807, 2.05) is 0 Å². The first kappa shape index (κ1) is 15.7. The topological polar surface area (TPSA) is 75.9 Å². The molecule has 0 amide bonds. The van der Waals surface area contributed by atoms with Crippen molar-refractivity contribution in [3.63, 3.8) is 0 Å². The number of hydrogen-bond acceptors (Lipinski definition) is 5. The van der Waals surface area contributed by atoms with Crippen molar-refractivity contribution in [2.75, 3.05) is 17.3 Å². The van der Waals surface area contributed by atoms with Crippen LogP contribution in [0.3, 0.4) is 0 Å². The van der Waals surface area contributed by atoms with Crippen LogP contribution in [0, 0.1) is 5.92 Å². The number of nitrogens with one attached hydrogen (secondary N) is 2. The van der Waals surface area contributed by atoms with Crippen LogP contribution < -0.4 is 16.6 Å². The van der Waals surface area contributed by atoms with Gasteiger partial charge >= 0.3 is 0 Å². The fraction of sp³-hybridized carbons (Fsp3) is 0.714. The van der Waals surface area contributed by atoms with E-state index < -0.39 is 0 Å². The standard InChI is InChI=1S/C14H27N5/c1-10(2)7-5-6-8-16-13-12(11(3)4)14(19-15)18-9-17-13/h9-11H,5-8,15H2,1-4H3,(H2,16,17,18,19). The number of aromatic nitrogens is 2. The molecule has 19 heavy (non-hydrogen) atoms. The molecule has 5 nitrogen and oxygen atoms in total. The second-order valence-corrected chi connectivity index (χ2v) is 5.60. The molecule has 1 aromatic heterocycles. The quantitative estimate of drug-likeness (QED) is 0.382. The van der Waals surface area contributed by atoms with Gasteiger partial charge < -0.3 is 10.7 Å². The molecule has 0 aliphatic carbocycles. The van der Waals surface area contributed by atoms with Crippen molar-refractivity contribution < 1.29 is 0 Å². The molecule has 1 aromatic rings. The highest BCUT2D eigenvalue weighted by molar-refractivity contribution is 5.58. The second-order valence-electron chi connectivity index (χ2n) is 5.60. The predicted molar refractivity (Wildman–Crippen MR) is 81.1 cm³/mol. The predicted octanol–water partition coefficient (Wildman–Crippen LogP) is 3.12. The summed E-state index contributed by atoms with van der Waals surface area (Å²) in [5.41, 5.74) is 3.69. The fourth-order valence-electron chi connectivity index (χ4n) is 2.08. The van der Waals surface area contributed by atoms with Crippen LogP contribution in [-0.4, -0.2) is 16.5 Å². The number of unbranched alkanes of at least 4 members (excludes halogenated alkanes) is 1. The zero-order valence-electron chi connectivity index (χ0n) is 12.5. The van der Waals surface area contributed by atoms with Crippen LogP contribution in [0.1, 0.15) is 58.4 Å². The molecular formula is C14H27N5. The number of nitrogens with two attached hydrogens (primary N) is 1. The smallest absolute Gasteiger partial charge is 0.148 e. The molecule has 0 saturated carbocycles. The number of rotatable bonds is 8. The lowest BCUT2D eigenvalue weighted by atomic mass is 10.0. The van der Waals surface area contributed by atoms with Gasteiger partial charge in [-0.15, -0.1) is 0 Å². The number of nitrogen functional groups attached to an aromatic ring is 1. The van der Waals surface area contributed by atoms with Crippen molar-refractivity contribution >= 4 is 11.6 Å². The molecule has 1 rings (SSSR count). The first-order valence-corrected chi connectivity index (χ1v) is 7.11. The Labute approximate surface area is 116 Å². The van der Waals surface area contributed by atoms with E-state index >= 15 is 0 Å². The maximum Gasteiger partial charge on any atom is 0.148 e. The summed E-state index contributed by atoms with van der Waals surface area (Å²) in [6.45, 7) is 9.68. The summed E-state index contributed by atoms with van der Waals surface area (Å²) in [6, 6.07) is 0. The van der Waals surface area contributed by atoms with Gasteiger partial charge in [-0.3, -0.25) is 0 Å².